The molecule has 0 atom stereocenters. The summed E-state index contributed by atoms with van der Waals surface area (Å²) in [7, 11) is 0. The number of quaternary nitrogens is 1. The molecule has 10 heavy (non-hydrogen) atoms. The average Bonchev–Trinajstić information content (AvgIpc) is 2.00. The molecule has 1 fully saturated rings. The standard InChI is InChI=1S/C6H15N3.BrH/c1-2-8-5-6-9-4-3-7-1;/h7-9H,1-6H2;1H. The highest BCUT2D eigenvalue weighted by molar-refractivity contribution is 4.51. The van der Waals surface area contributed by atoms with Crippen LogP contribution in [0.1, 0.15) is 0 Å². The minimum absolute atomic E-state index is 0. The minimum Gasteiger partial charge on any atom is -1.00 e. The number of hydrogen-bond donors (Lipinski definition) is 3. The molecule has 0 spiro atoms. The zero-order valence-corrected chi connectivity index (χ0v) is 7.78. The van der Waals surface area contributed by atoms with Gasteiger partial charge in [-0.2, -0.15) is 0 Å². The molecular formula is C6H16BrN3. The Morgan fingerprint density at radius 2 is 1.30 bits per heavy atom. The third-order valence-electron chi connectivity index (χ3n) is 1.53. The molecule has 0 aromatic carbocycles. The molecule has 0 bridgehead atoms. The van der Waals surface area contributed by atoms with Gasteiger partial charge >= 0.3 is 0 Å². The molecular weight excluding hydrogens is 194 g/mol. The Kier molecular flexibility index (Phi) is 7.74. The van der Waals surface area contributed by atoms with Gasteiger partial charge in [0.2, 0.25) is 0 Å². The van der Waals surface area contributed by atoms with Gasteiger partial charge in [0.05, 0.1) is 13.1 Å². The highest BCUT2D eigenvalue weighted by atomic mass is 79.9. The van der Waals surface area contributed by atoms with Gasteiger partial charge in [-0.1, -0.05) is 0 Å². The Morgan fingerprint density at radius 3 is 1.80 bits per heavy atom. The Morgan fingerprint density at radius 1 is 0.800 bits per heavy atom. The van der Waals surface area contributed by atoms with Crippen molar-refractivity contribution in [1.29, 1.82) is 0 Å². The maximum atomic E-state index is 3.33. The Bertz CT molecular complexity index is 41.5. The second kappa shape index (κ2) is 7.47. The lowest BCUT2D eigenvalue weighted by Crippen LogP contribution is -3.00. The fourth-order valence-electron chi connectivity index (χ4n) is 0.979. The molecule has 0 saturated carbocycles. The van der Waals surface area contributed by atoms with Gasteiger partial charge in [0.1, 0.15) is 0 Å². The van der Waals surface area contributed by atoms with Crippen molar-refractivity contribution in [3.63, 3.8) is 0 Å². The number of hydrogen-bond acceptors (Lipinski definition) is 2. The average molecular weight is 210 g/mol. The van der Waals surface area contributed by atoms with Crippen molar-refractivity contribution in [2.75, 3.05) is 39.3 Å². The zero-order valence-electron chi connectivity index (χ0n) is 6.20. The summed E-state index contributed by atoms with van der Waals surface area (Å²) < 4.78 is 0. The Balaban J connectivity index is 0.000000810. The summed E-state index contributed by atoms with van der Waals surface area (Å²) in [5.74, 6) is 0. The van der Waals surface area contributed by atoms with E-state index in [2.05, 4.69) is 16.0 Å². The van der Waals surface area contributed by atoms with Gasteiger partial charge in [-0.25, -0.2) is 0 Å². The molecule has 0 aliphatic carbocycles. The molecule has 3 nitrogen and oxygen atoms in total. The molecule has 1 saturated heterocycles. The van der Waals surface area contributed by atoms with Gasteiger partial charge in [-0.05, 0) is 0 Å². The normalized spacial score (nSPS) is 21.6. The molecule has 4 N–H and O–H groups in total. The highest BCUT2D eigenvalue weighted by Gasteiger charge is 1.94. The van der Waals surface area contributed by atoms with Crippen LogP contribution in [0, 0.1) is 0 Å². The molecule has 0 radical (unpaired) electrons. The third kappa shape index (κ3) is 5.17. The topological polar surface area (TPSA) is 40.7 Å². The van der Waals surface area contributed by atoms with E-state index in [-0.39, 0.29) is 17.0 Å². The number of rotatable bonds is 0. The van der Waals surface area contributed by atoms with E-state index < -0.39 is 0 Å². The van der Waals surface area contributed by atoms with Crippen molar-refractivity contribution in [2.24, 2.45) is 0 Å². The first-order valence-electron chi connectivity index (χ1n) is 3.73. The Hall–Kier alpha value is 0.360. The first kappa shape index (κ1) is 10.4. The quantitative estimate of drug-likeness (QED) is 0.374. The van der Waals surface area contributed by atoms with Crippen LogP contribution in [0.5, 0.6) is 0 Å². The van der Waals surface area contributed by atoms with Gasteiger partial charge in [0, 0.05) is 26.2 Å². The molecule has 1 aliphatic rings. The summed E-state index contributed by atoms with van der Waals surface area (Å²) in [4.78, 5) is 0. The van der Waals surface area contributed by atoms with Gasteiger partial charge in [-0.15, -0.1) is 0 Å². The van der Waals surface area contributed by atoms with Crippen LogP contribution in [0.25, 0.3) is 0 Å². The van der Waals surface area contributed by atoms with Crippen LogP contribution < -0.4 is 32.9 Å². The smallest absolute Gasteiger partial charge is 0.0882 e. The minimum atomic E-state index is 0. The van der Waals surface area contributed by atoms with Gasteiger partial charge in [0.25, 0.3) is 0 Å². The lowest BCUT2D eigenvalue weighted by atomic mass is 10.6. The van der Waals surface area contributed by atoms with Crippen molar-refractivity contribution in [3.8, 4) is 0 Å². The second-order valence-corrected chi connectivity index (χ2v) is 2.37. The summed E-state index contributed by atoms with van der Waals surface area (Å²) in [5.41, 5.74) is 0. The fraction of sp³-hybridized carbons (Fsp3) is 1.00. The van der Waals surface area contributed by atoms with E-state index in [4.69, 9.17) is 0 Å². The molecule has 1 aliphatic heterocycles. The molecule has 62 valence electrons. The van der Waals surface area contributed by atoms with Gasteiger partial charge < -0.3 is 32.9 Å². The van der Waals surface area contributed by atoms with Crippen molar-refractivity contribution in [3.05, 3.63) is 0 Å². The monoisotopic (exact) mass is 209 g/mol. The molecule has 1 heterocycles. The molecule has 0 unspecified atom stereocenters. The van der Waals surface area contributed by atoms with E-state index in [0.29, 0.717) is 0 Å². The van der Waals surface area contributed by atoms with Crippen LogP contribution in [-0.4, -0.2) is 39.3 Å². The number of nitrogens with two attached hydrogens (primary N) is 1. The lowest BCUT2D eigenvalue weighted by molar-refractivity contribution is -0.651. The molecule has 1 rings (SSSR count). The van der Waals surface area contributed by atoms with E-state index in [1.165, 1.54) is 13.1 Å². The van der Waals surface area contributed by atoms with Crippen molar-refractivity contribution in [2.45, 2.75) is 0 Å². The molecule has 0 amide bonds. The first-order chi connectivity index (χ1) is 4.50. The SMILES string of the molecule is C1CNCC[NH2+]CCN1.[Br-]. The second-order valence-electron chi connectivity index (χ2n) is 2.37. The van der Waals surface area contributed by atoms with Crippen LogP contribution in [0.15, 0.2) is 0 Å². The van der Waals surface area contributed by atoms with Crippen LogP contribution in [0.3, 0.4) is 0 Å². The van der Waals surface area contributed by atoms with E-state index in [0.717, 1.165) is 26.2 Å². The summed E-state index contributed by atoms with van der Waals surface area (Å²) in [6.45, 7) is 6.99. The highest BCUT2D eigenvalue weighted by Crippen LogP contribution is 1.59. The van der Waals surface area contributed by atoms with E-state index in [1.807, 2.05) is 0 Å². The molecule has 0 aromatic rings. The predicted octanol–water partition coefficient (Wildman–Crippen LogP) is -5.25. The first-order valence-corrected chi connectivity index (χ1v) is 3.73. The van der Waals surface area contributed by atoms with E-state index >= 15 is 0 Å². The maximum Gasteiger partial charge on any atom is 0.0882 e. The zero-order chi connectivity index (χ0) is 6.36. The maximum absolute atomic E-state index is 3.33. The van der Waals surface area contributed by atoms with Gasteiger partial charge in [0.15, 0.2) is 0 Å². The Labute approximate surface area is 72.7 Å². The summed E-state index contributed by atoms with van der Waals surface area (Å²) in [6, 6.07) is 0. The molecule has 0 aromatic heterocycles. The van der Waals surface area contributed by atoms with Crippen LogP contribution in [0.4, 0.5) is 0 Å². The largest absolute Gasteiger partial charge is 1.00 e. The number of halogens is 1. The number of nitrogens with one attached hydrogen (secondary N) is 2. The molecule has 4 heteroatoms. The van der Waals surface area contributed by atoms with Crippen molar-refractivity contribution < 1.29 is 22.3 Å². The summed E-state index contributed by atoms with van der Waals surface area (Å²) in [5, 5.41) is 9.01. The lowest BCUT2D eigenvalue weighted by Gasteiger charge is -1.98. The third-order valence-corrected chi connectivity index (χ3v) is 1.53. The van der Waals surface area contributed by atoms with Crippen molar-refractivity contribution in [1.82, 2.24) is 10.6 Å². The van der Waals surface area contributed by atoms with Crippen LogP contribution in [-0.2, 0) is 0 Å². The van der Waals surface area contributed by atoms with Crippen LogP contribution in [0.2, 0.25) is 0 Å². The van der Waals surface area contributed by atoms with Crippen LogP contribution >= 0.6 is 0 Å². The van der Waals surface area contributed by atoms with Gasteiger partial charge in [-0.3, -0.25) is 0 Å². The van der Waals surface area contributed by atoms with E-state index in [1.54, 1.807) is 0 Å². The predicted molar refractivity (Wildman–Crippen MR) is 37.4 cm³/mol. The van der Waals surface area contributed by atoms with Crippen molar-refractivity contribution >= 4 is 0 Å². The van der Waals surface area contributed by atoms with E-state index in [9.17, 15) is 0 Å². The summed E-state index contributed by atoms with van der Waals surface area (Å²) >= 11 is 0. The fourth-order valence-corrected chi connectivity index (χ4v) is 0.979. The summed E-state index contributed by atoms with van der Waals surface area (Å²) in [6.07, 6.45) is 0.